The number of hydrogen-bond acceptors (Lipinski definition) is 12. The van der Waals surface area contributed by atoms with Crippen LogP contribution >= 0.6 is 0 Å². The first-order valence-electron chi connectivity index (χ1n) is 20.6. The predicted molar refractivity (Wildman–Crippen MR) is 225 cm³/mol. The van der Waals surface area contributed by atoms with Crippen molar-refractivity contribution in [3.05, 3.63) is 69.2 Å². The number of nitrogens with one attached hydrogen (secondary N) is 2. The van der Waals surface area contributed by atoms with E-state index >= 15 is 0 Å². The third-order valence-electron chi connectivity index (χ3n) is 11.6. The lowest BCUT2D eigenvalue weighted by molar-refractivity contribution is -0.156. The van der Waals surface area contributed by atoms with Gasteiger partial charge in [0.2, 0.25) is 0 Å². The highest BCUT2D eigenvalue weighted by molar-refractivity contribution is 6.25. The average Bonchev–Trinajstić information content (AvgIpc) is 3.59. The number of rotatable bonds is 9. The molecule has 2 amide bonds. The maximum Gasteiger partial charge on any atom is 0.310 e. The van der Waals surface area contributed by atoms with E-state index in [1.165, 1.54) is 20.8 Å². The van der Waals surface area contributed by atoms with Crippen molar-refractivity contribution in [2.45, 2.75) is 136 Å². The molecule has 14 nitrogen and oxygen atoms in total. The second-order valence-corrected chi connectivity index (χ2v) is 15.8. The molecule has 2 spiro atoms. The summed E-state index contributed by atoms with van der Waals surface area (Å²) in [6.45, 7) is 11.8. The summed E-state index contributed by atoms with van der Waals surface area (Å²) in [6, 6.07) is 7.93. The highest BCUT2D eigenvalue weighted by atomic mass is 16.6. The molecule has 4 aliphatic rings. The van der Waals surface area contributed by atoms with E-state index in [9.17, 15) is 29.1 Å². The van der Waals surface area contributed by atoms with Crippen LogP contribution in [0.2, 0.25) is 0 Å². The van der Waals surface area contributed by atoms with Gasteiger partial charge in [0, 0.05) is 46.1 Å². The van der Waals surface area contributed by atoms with Crippen molar-refractivity contribution in [3.63, 3.8) is 0 Å². The maximum absolute atomic E-state index is 13.2. The molecule has 6 rings (SSSR count). The molecule has 2 aliphatic heterocycles. The molecule has 60 heavy (non-hydrogen) atoms. The van der Waals surface area contributed by atoms with Crippen LogP contribution in [0.15, 0.2) is 35.8 Å². The molecular weight excluding hydrogens is 773 g/mol. The second kappa shape index (κ2) is 20.4. The van der Waals surface area contributed by atoms with Crippen molar-refractivity contribution < 1.29 is 57.5 Å². The summed E-state index contributed by atoms with van der Waals surface area (Å²) in [5.41, 5.74) is 5.02. The Morgan fingerprint density at radius 2 is 1.05 bits per heavy atom. The van der Waals surface area contributed by atoms with Gasteiger partial charge in [0.05, 0.1) is 48.7 Å². The summed E-state index contributed by atoms with van der Waals surface area (Å²) in [5, 5.41) is 17.2. The lowest BCUT2D eigenvalue weighted by Crippen LogP contribution is -2.49. The van der Waals surface area contributed by atoms with E-state index in [4.69, 9.17) is 23.7 Å². The monoisotopic (exact) mass is 834 g/mol. The molecule has 0 bridgehead atoms. The molecule has 2 aliphatic carbocycles. The van der Waals surface area contributed by atoms with Gasteiger partial charge in [0.25, 0.3) is 11.8 Å². The van der Waals surface area contributed by atoms with E-state index in [2.05, 4.69) is 27.5 Å². The Bertz CT molecular complexity index is 1950. The van der Waals surface area contributed by atoms with Crippen molar-refractivity contribution in [3.8, 4) is 11.5 Å². The summed E-state index contributed by atoms with van der Waals surface area (Å²) < 4.78 is 31.7. The Balaban J connectivity index is 0.000000230. The average molecular weight is 835 g/mol. The standard InChI is InChI=1S/C22H29NO5.C20H27NO4.C4H6O3/c1-6-15-11-13(2)12-17(27-5)18(15)19-20(28-14(3)24)22(23-21(19)25)9-7-16(26-4)8-10-22;1-5-13-10-12(2)11-15(25-4)16(13)17-18(22)20(21-19(17)23)8-6-14(24-3)7-9-20;1-3(5)7-4(2)6/h11-12,16H,6-10H2,1-5H3,(H,23,25);10-11,14,22H,5-9H2,1-4H3,(H,21,23);1-2H3. The maximum atomic E-state index is 13.2. The fourth-order valence-electron chi connectivity index (χ4n) is 8.77. The Labute approximate surface area is 353 Å². The predicted octanol–water partition coefficient (Wildman–Crippen LogP) is 6.69. The molecule has 328 valence electrons. The van der Waals surface area contributed by atoms with Crippen molar-refractivity contribution in [2.24, 2.45) is 0 Å². The van der Waals surface area contributed by atoms with Gasteiger partial charge in [-0.3, -0.25) is 24.0 Å². The number of carbonyl (C=O) groups excluding carboxylic acids is 5. The Morgan fingerprint density at radius 1 is 0.650 bits per heavy atom. The SMILES string of the molecule is CC(=O)OC(C)=O.CCc1cc(C)cc(OC)c1C1=C(O)C2(CCC(OC)CC2)NC1=O.CCc1cc(C)cc(OC)c1C1=C(OC(C)=O)C2(CCC(OC)CC2)NC1=O. The van der Waals surface area contributed by atoms with Gasteiger partial charge in [-0.2, -0.15) is 0 Å². The summed E-state index contributed by atoms with van der Waals surface area (Å²) in [6.07, 6.45) is 7.76. The van der Waals surface area contributed by atoms with Gasteiger partial charge >= 0.3 is 17.9 Å². The van der Waals surface area contributed by atoms with Crippen LogP contribution in [0.5, 0.6) is 11.5 Å². The van der Waals surface area contributed by atoms with Gasteiger partial charge in [-0.1, -0.05) is 26.0 Å². The second-order valence-electron chi connectivity index (χ2n) is 15.8. The van der Waals surface area contributed by atoms with Crippen molar-refractivity contribution in [2.75, 3.05) is 28.4 Å². The molecule has 2 aromatic rings. The quantitative estimate of drug-likeness (QED) is 0.180. The molecule has 3 N–H and O–H groups in total. The third kappa shape index (κ3) is 10.4. The van der Waals surface area contributed by atoms with Crippen molar-refractivity contribution in [1.29, 1.82) is 0 Å². The van der Waals surface area contributed by atoms with E-state index < -0.39 is 29.0 Å². The summed E-state index contributed by atoms with van der Waals surface area (Å²) >= 11 is 0. The van der Waals surface area contributed by atoms with Crippen LogP contribution in [0.1, 0.15) is 119 Å². The van der Waals surface area contributed by atoms with Crippen LogP contribution in [-0.2, 0) is 55.8 Å². The molecule has 2 aromatic carbocycles. The minimum atomic E-state index is -0.673. The molecule has 0 atom stereocenters. The van der Waals surface area contributed by atoms with Crippen LogP contribution in [0.25, 0.3) is 11.1 Å². The number of amides is 2. The van der Waals surface area contributed by atoms with E-state index in [-0.39, 0.29) is 29.8 Å². The van der Waals surface area contributed by atoms with Crippen LogP contribution in [0, 0.1) is 13.8 Å². The van der Waals surface area contributed by atoms with E-state index in [0.717, 1.165) is 71.9 Å². The highest BCUT2D eigenvalue weighted by Gasteiger charge is 2.51. The van der Waals surface area contributed by atoms with E-state index in [1.54, 1.807) is 28.4 Å². The summed E-state index contributed by atoms with van der Waals surface area (Å²) in [7, 11) is 6.61. The number of carbonyl (C=O) groups is 5. The van der Waals surface area contributed by atoms with Gasteiger partial charge in [0.15, 0.2) is 0 Å². The van der Waals surface area contributed by atoms with Crippen molar-refractivity contribution in [1.82, 2.24) is 10.6 Å². The smallest absolute Gasteiger partial charge is 0.310 e. The van der Waals surface area contributed by atoms with Gasteiger partial charge in [-0.05, 0) is 112 Å². The van der Waals surface area contributed by atoms with Crippen molar-refractivity contribution >= 4 is 40.9 Å². The van der Waals surface area contributed by atoms with Crippen LogP contribution in [0.4, 0.5) is 0 Å². The van der Waals surface area contributed by atoms with Gasteiger partial charge < -0.3 is 44.2 Å². The molecule has 0 radical (unpaired) electrons. The zero-order valence-corrected chi connectivity index (χ0v) is 37.0. The lowest BCUT2D eigenvalue weighted by atomic mass is 9.79. The van der Waals surface area contributed by atoms with E-state index in [1.807, 2.05) is 39.8 Å². The number of hydrogen-bond donors (Lipinski definition) is 3. The fraction of sp³-hybridized carbons (Fsp3) is 0.543. The zero-order chi connectivity index (χ0) is 44.5. The number of aliphatic hydroxyl groups is 1. The van der Waals surface area contributed by atoms with Gasteiger partial charge in [0.1, 0.15) is 23.0 Å². The van der Waals surface area contributed by atoms with Gasteiger partial charge in [-0.15, -0.1) is 0 Å². The number of aryl methyl sites for hydroxylation is 4. The molecule has 0 saturated heterocycles. The molecular formula is C46H62N2O12. The van der Waals surface area contributed by atoms with Crippen LogP contribution in [-0.4, -0.2) is 86.6 Å². The first-order chi connectivity index (χ1) is 28.4. The molecule has 0 aromatic heterocycles. The third-order valence-corrected chi connectivity index (χ3v) is 11.6. The summed E-state index contributed by atoms with van der Waals surface area (Å²) in [5.74, 6) is -0.152. The molecule has 2 saturated carbocycles. The molecule has 2 fully saturated rings. The minimum absolute atomic E-state index is 0.156. The Hall–Kier alpha value is -5.21. The molecule has 2 heterocycles. The summed E-state index contributed by atoms with van der Waals surface area (Å²) in [4.78, 5) is 57.5. The highest BCUT2D eigenvalue weighted by Crippen LogP contribution is 2.47. The topological polar surface area (TPSA) is 185 Å². The molecule has 0 unspecified atom stereocenters. The first-order valence-corrected chi connectivity index (χ1v) is 20.6. The number of aliphatic hydroxyl groups excluding tert-OH is 1. The number of benzene rings is 2. The Kier molecular flexibility index (Phi) is 16.1. The van der Waals surface area contributed by atoms with Crippen LogP contribution < -0.4 is 20.1 Å². The van der Waals surface area contributed by atoms with Crippen LogP contribution in [0.3, 0.4) is 0 Å². The fourth-order valence-corrected chi connectivity index (χ4v) is 8.77. The Morgan fingerprint density at radius 3 is 1.42 bits per heavy atom. The van der Waals surface area contributed by atoms with E-state index in [0.29, 0.717) is 54.1 Å². The molecule has 14 heteroatoms. The zero-order valence-electron chi connectivity index (χ0n) is 37.0. The first kappa shape index (κ1) is 47.5. The van der Waals surface area contributed by atoms with Gasteiger partial charge in [-0.25, -0.2) is 0 Å². The number of esters is 3. The minimum Gasteiger partial charge on any atom is -0.509 e. The number of ether oxygens (including phenoxy) is 6. The number of methoxy groups -OCH3 is 4. The normalized spacial score (nSPS) is 23.2. The lowest BCUT2D eigenvalue weighted by Gasteiger charge is -2.37. The largest absolute Gasteiger partial charge is 0.509 e.